The van der Waals surface area contributed by atoms with E-state index in [1.807, 2.05) is 9.62 Å². The quantitative estimate of drug-likeness (QED) is 0.589. The first kappa shape index (κ1) is 22.4. The lowest BCUT2D eigenvalue weighted by Crippen LogP contribution is -2.41. The number of nitrogens with one attached hydrogen (secondary N) is 1. The molecule has 0 unspecified atom stereocenters. The van der Waals surface area contributed by atoms with E-state index in [1.54, 1.807) is 12.1 Å². The first-order chi connectivity index (χ1) is 16.3. The minimum Gasteiger partial charge on any atom is -0.451 e. The lowest BCUT2D eigenvalue weighted by Gasteiger charge is -2.33. The lowest BCUT2D eigenvalue weighted by molar-refractivity contribution is 0.0300. The number of morpholine rings is 1. The molecule has 34 heavy (non-hydrogen) atoms. The van der Waals surface area contributed by atoms with Gasteiger partial charge in [-0.05, 0) is 24.6 Å². The summed E-state index contributed by atoms with van der Waals surface area (Å²) in [5.41, 5.74) is 0.729. The van der Waals surface area contributed by atoms with Crippen molar-refractivity contribution in [2.75, 3.05) is 44.3 Å². The maximum absolute atomic E-state index is 14.6. The van der Waals surface area contributed by atoms with E-state index in [0.717, 1.165) is 19.5 Å². The van der Waals surface area contributed by atoms with Crippen LogP contribution >= 0.6 is 0 Å². The fraction of sp³-hybridized carbons (Fsp3) is 0.304. The molecule has 0 aliphatic carbocycles. The van der Waals surface area contributed by atoms with Crippen LogP contribution in [0.1, 0.15) is 27.3 Å². The summed E-state index contributed by atoms with van der Waals surface area (Å²) in [4.78, 5) is 28.8. The molecule has 2 aliphatic heterocycles. The van der Waals surface area contributed by atoms with Gasteiger partial charge in [-0.15, -0.1) is 0 Å². The summed E-state index contributed by atoms with van der Waals surface area (Å²) in [6.07, 6.45) is 1.01. The molecule has 2 amide bonds. The second-order valence-electron chi connectivity index (χ2n) is 8.13. The molecule has 5 rings (SSSR count). The van der Waals surface area contributed by atoms with Crippen molar-refractivity contribution in [2.24, 2.45) is 0 Å². The summed E-state index contributed by atoms with van der Waals surface area (Å²) in [5, 5.41) is 0.0784. The number of carbonyl (C=O) groups is 2. The van der Waals surface area contributed by atoms with Crippen molar-refractivity contribution in [1.29, 1.82) is 0 Å². The van der Waals surface area contributed by atoms with Crippen LogP contribution in [0, 0.1) is 5.82 Å². The van der Waals surface area contributed by atoms with E-state index in [1.165, 1.54) is 35.2 Å². The van der Waals surface area contributed by atoms with Crippen LogP contribution in [0.5, 0.6) is 0 Å². The van der Waals surface area contributed by atoms with Gasteiger partial charge in [-0.2, -0.15) is 0 Å². The zero-order valence-electron chi connectivity index (χ0n) is 18.1. The first-order valence-electron chi connectivity index (χ1n) is 10.8. The van der Waals surface area contributed by atoms with Gasteiger partial charge in [-0.3, -0.25) is 9.59 Å². The van der Waals surface area contributed by atoms with Crippen LogP contribution in [-0.4, -0.2) is 64.5 Å². The fourth-order valence-corrected chi connectivity index (χ4v) is 5.15. The molecular weight excluding hydrogens is 465 g/mol. The number of benzene rings is 2. The van der Waals surface area contributed by atoms with Crippen LogP contribution in [0.3, 0.4) is 0 Å². The molecule has 2 aromatic carbocycles. The summed E-state index contributed by atoms with van der Waals surface area (Å²) in [6.45, 7) is 3.01. The number of ether oxygens (including phenoxy) is 1. The molecule has 2 fully saturated rings. The smallest absolute Gasteiger partial charge is 0.300 e. The van der Waals surface area contributed by atoms with E-state index in [4.69, 9.17) is 9.15 Å². The number of anilines is 1. The minimum absolute atomic E-state index is 0.0560. The average Bonchev–Trinajstić information content (AvgIpc) is 3.23. The van der Waals surface area contributed by atoms with Crippen molar-refractivity contribution in [3.05, 3.63) is 59.6 Å². The van der Waals surface area contributed by atoms with Crippen molar-refractivity contribution in [3.8, 4) is 0 Å². The normalized spacial score (nSPS) is 16.4. The predicted molar refractivity (Wildman–Crippen MR) is 121 cm³/mol. The van der Waals surface area contributed by atoms with Crippen LogP contribution in [0.4, 0.5) is 10.1 Å². The Hall–Kier alpha value is -3.44. The van der Waals surface area contributed by atoms with Gasteiger partial charge in [0.2, 0.25) is 0 Å². The number of furan rings is 1. The van der Waals surface area contributed by atoms with Crippen LogP contribution < -0.4 is 9.62 Å². The van der Waals surface area contributed by atoms with E-state index in [2.05, 4.69) is 0 Å². The molecule has 3 heterocycles. The van der Waals surface area contributed by atoms with Crippen molar-refractivity contribution >= 4 is 38.5 Å². The van der Waals surface area contributed by atoms with Crippen molar-refractivity contribution < 1.29 is 31.6 Å². The van der Waals surface area contributed by atoms with Gasteiger partial charge in [0.05, 0.1) is 24.2 Å². The van der Waals surface area contributed by atoms with Crippen LogP contribution in [0.25, 0.3) is 11.0 Å². The van der Waals surface area contributed by atoms with E-state index >= 15 is 0 Å². The molecule has 0 spiro atoms. The van der Waals surface area contributed by atoms with Gasteiger partial charge in [0.15, 0.2) is 5.76 Å². The third-order valence-electron chi connectivity index (χ3n) is 5.95. The van der Waals surface area contributed by atoms with E-state index in [9.17, 15) is 22.4 Å². The third kappa shape index (κ3) is 4.12. The van der Waals surface area contributed by atoms with Crippen LogP contribution in [0.2, 0.25) is 0 Å². The Kier molecular flexibility index (Phi) is 5.74. The molecule has 178 valence electrons. The van der Waals surface area contributed by atoms with E-state index < -0.39 is 27.7 Å². The Balaban J connectivity index is 1.41. The maximum atomic E-state index is 14.6. The van der Waals surface area contributed by atoms with Gasteiger partial charge in [-0.25, -0.2) is 17.5 Å². The van der Waals surface area contributed by atoms with Gasteiger partial charge < -0.3 is 19.0 Å². The molecule has 0 saturated carbocycles. The van der Waals surface area contributed by atoms with Gasteiger partial charge in [0.25, 0.3) is 15.9 Å². The number of halogens is 1. The highest BCUT2D eigenvalue weighted by Gasteiger charge is 2.29. The second kappa shape index (κ2) is 8.73. The number of nitrogens with zero attached hydrogens (tertiary/aromatic N) is 2. The Bertz CT molecular complexity index is 1380. The topological polar surface area (TPSA) is 109 Å². The Morgan fingerprint density at radius 3 is 2.44 bits per heavy atom. The van der Waals surface area contributed by atoms with E-state index in [-0.39, 0.29) is 27.2 Å². The number of fused-ring (bicyclic) bond motifs is 1. The van der Waals surface area contributed by atoms with Crippen LogP contribution in [-0.2, 0) is 14.8 Å². The van der Waals surface area contributed by atoms with Crippen molar-refractivity contribution in [3.63, 3.8) is 0 Å². The highest BCUT2D eigenvalue weighted by molar-refractivity contribution is 7.90. The third-order valence-corrected chi connectivity index (χ3v) is 7.34. The molecular formula is C23H22FN3O6S. The SMILES string of the molecule is O=C(NS(=O)(=O)c1ccccc1C(=O)N1CCOCC1)c1cc2c(F)cc(N3CCC3)cc2o1. The number of rotatable bonds is 5. The predicted octanol–water partition coefficient (Wildman–Crippen LogP) is 2.37. The molecule has 2 aliphatic rings. The average molecular weight is 488 g/mol. The Morgan fingerprint density at radius 1 is 1.00 bits per heavy atom. The zero-order chi connectivity index (χ0) is 23.9. The maximum Gasteiger partial charge on any atom is 0.300 e. The minimum atomic E-state index is -4.43. The summed E-state index contributed by atoms with van der Waals surface area (Å²) in [6, 6.07) is 9.81. The summed E-state index contributed by atoms with van der Waals surface area (Å²) < 4.78 is 53.3. The Labute approximate surface area is 195 Å². The number of hydrogen-bond acceptors (Lipinski definition) is 7. The van der Waals surface area contributed by atoms with Crippen molar-refractivity contribution in [2.45, 2.75) is 11.3 Å². The summed E-state index contributed by atoms with van der Waals surface area (Å²) in [5.74, 6) is -2.45. The molecule has 9 nitrogen and oxygen atoms in total. The second-order valence-corrected chi connectivity index (χ2v) is 9.78. The van der Waals surface area contributed by atoms with Gasteiger partial charge >= 0.3 is 5.91 Å². The number of amides is 2. The summed E-state index contributed by atoms with van der Waals surface area (Å²) in [7, 11) is -4.43. The number of hydrogen-bond donors (Lipinski definition) is 1. The largest absolute Gasteiger partial charge is 0.451 e. The van der Waals surface area contributed by atoms with Gasteiger partial charge in [0, 0.05) is 44.0 Å². The lowest BCUT2D eigenvalue weighted by atomic mass is 10.1. The van der Waals surface area contributed by atoms with Crippen LogP contribution in [0.15, 0.2) is 51.8 Å². The van der Waals surface area contributed by atoms with Gasteiger partial charge in [-0.1, -0.05) is 12.1 Å². The van der Waals surface area contributed by atoms with Crippen molar-refractivity contribution in [1.82, 2.24) is 9.62 Å². The monoisotopic (exact) mass is 487 g/mol. The standard InChI is InChI=1S/C23H22FN3O6S/c24-18-12-15(26-6-3-7-26)13-19-17(18)14-20(33-19)22(28)25-34(30,31)21-5-2-1-4-16(21)23(29)27-8-10-32-11-9-27/h1-2,4-5,12-14H,3,6-11H2,(H,25,28). The summed E-state index contributed by atoms with van der Waals surface area (Å²) >= 11 is 0. The van der Waals surface area contributed by atoms with Gasteiger partial charge in [0.1, 0.15) is 16.3 Å². The first-order valence-corrected chi connectivity index (χ1v) is 12.3. The Morgan fingerprint density at radius 2 is 1.74 bits per heavy atom. The molecule has 0 bridgehead atoms. The number of carbonyl (C=O) groups excluding carboxylic acids is 2. The molecule has 1 N–H and O–H groups in total. The molecule has 1 aromatic heterocycles. The molecule has 11 heteroatoms. The molecule has 0 atom stereocenters. The zero-order valence-corrected chi connectivity index (χ0v) is 18.9. The molecule has 2 saturated heterocycles. The van der Waals surface area contributed by atoms with E-state index in [0.29, 0.717) is 32.0 Å². The molecule has 3 aromatic rings. The highest BCUT2D eigenvalue weighted by atomic mass is 32.2. The fourth-order valence-electron chi connectivity index (χ4n) is 3.99. The molecule has 0 radical (unpaired) electrons. The number of sulfonamides is 1. The highest BCUT2D eigenvalue weighted by Crippen LogP contribution is 2.30.